The number of aldehydes is 1. The van der Waals surface area contributed by atoms with Crippen molar-refractivity contribution in [3.8, 4) is 5.75 Å². The second-order valence-electron chi connectivity index (χ2n) is 3.88. The van der Waals surface area contributed by atoms with Gasteiger partial charge in [0.05, 0.1) is 5.60 Å². The molecule has 3 nitrogen and oxygen atoms in total. The molecule has 0 atom stereocenters. The van der Waals surface area contributed by atoms with Crippen LogP contribution in [0, 0.1) is 0 Å². The van der Waals surface area contributed by atoms with E-state index in [4.69, 9.17) is 10.2 Å². The van der Waals surface area contributed by atoms with E-state index < -0.39 is 5.60 Å². The summed E-state index contributed by atoms with van der Waals surface area (Å²) in [6.07, 6.45) is 0.736. The molecule has 0 bridgehead atoms. The summed E-state index contributed by atoms with van der Waals surface area (Å²) in [6, 6.07) is 6.07. The summed E-state index contributed by atoms with van der Waals surface area (Å²) in [5, 5.41) is 17.3. The van der Waals surface area contributed by atoms with Crippen LogP contribution in [-0.2, 0) is 0 Å². The first-order chi connectivity index (χ1) is 6.33. The van der Waals surface area contributed by atoms with E-state index >= 15 is 0 Å². The van der Waals surface area contributed by atoms with Gasteiger partial charge in [-0.25, -0.2) is 0 Å². The zero-order valence-electron chi connectivity index (χ0n) is 8.69. The molecule has 1 rings (SSSR count). The maximum atomic E-state index is 10.0. The standard InChI is InChI=1S/C7H6O2.C4H10O/c8-5-6-1-3-7(9)4-2-6;1-4(2,3)5/h1-5,9H;5H,1-3H3. The Bertz CT molecular complexity index is 264. The number of benzene rings is 1. The third-order valence-corrected chi connectivity index (χ3v) is 1.03. The highest BCUT2D eigenvalue weighted by Crippen LogP contribution is 2.07. The molecule has 0 aliphatic heterocycles. The van der Waals surface area contributed by atoms with E-state index in [1.165, 1.54) is 12.1 Å². The van der Waals surface area contributed by atoms with Crippen LogP contribution in [0.25, 0.3) is 0 Å². The van der Waals surface area contributed by atoms with Gasteiger partial charge in [0.2, 0.25) is 0 Å². The number of carbonyl (C=O) groups is 1. The highest BCUT2D eigenvalue weighted by atomic mass is 16.3. The molecule has 0 radical (unpaired) electrons. The number of rotatable bonds is 1. The molecule has 14 heavy (non-hydrogen) atoms. The number of phenols is 1. The average Bonchev–Trinajstić information content (AvgIpc) is 2.03. The number of hydrogen-bond donors (Lipinski definition) is 2. The lowest BCUT2D eigenvalue weighted by molar-refractivity contribution is 0.102. The molecule has 1 aromatic rings. The number of aliphatic hydroxyl groups is 1. The first kappa shape index (κ1) is 12.7. The third kappa shape index (κ3) is 8.74. The Morgan fingerprint density at radius 1 is 1.14 bits per heavy atom. The molecule has 0 aromatic heterocycles. The van der Waals surface area contributed by atoms with E-state index in [9.17, 15) is 4.79 Å². The second-order valence-corrected chi connectivity index (χ2v) is 3.88. The van der Waals surface area contributed by atoms with E-state index in [-0.39, 0.29) is 5.75 Å². The highest BCUT2D eigenvalue weighted by molar-refractivity contribution is 5.74. The van der Waals surface area contributed by atoms with Crippen LogP contribution in [-0.4, -0.2) is 22.1 Å². The van der Waals surface area contributed by atoms with Crippen LogP contribution in [0.4, 0.5) is 0 Å². The van der Waals surface area contributed by atoms with Crippen LogP contribution < -0.4 is 0 Å². The summed E-state index contributed by atoms with van der Waals surface area (Å²) >= 11 is 0. The molecule has 0 saturated carbocycles. The van der Waals surface area contributed by atoms with Gasteiger partial charge in [0, 0.05) is 5.56 Å². The van der Waals surface area contributed by atoms with E-state index in [0.717, 1.165) is 6.29 Å². The Hall–Kier alpha value is -1.35. The van der Waals surface area contributed by atoms with Crippen LogP contribution in [0.1, 0.15) is 31.1 Å². The molecule has 3 heteroatoms. The topological polar surface area (TPSA) is 57.5 Å². The van der Waals surface area contributed by atoms with Gasteiger partial charge >= 0.3 is 0 Å². The van der Waals surface area contributed by atoms with Gasteiger partial charge in [0.1, 0.15) is 12.0 Å². The first-order valence-corrected chi connectivity index (χ1v) is 4.29. The number of aromatic hydroxyl groups is 1. The molecule has 0 amide bonds. The molecule has 0 spiro atoms. The van der Waals surface area contributed by atoms with E-state index in [2.05, 4.69) is 0 Å². The molecule has 2 N–H and O–H groups in total. The fraction of sp³-hybridized carbons (Fsp3) is 0.364. The summed E-state index contributed by atoms with van der Waals surface area (Å²) in [6.45, 7) is 5.23. The first-order valence-electron chi connectivity index (χ1n) is 4.29. The fourth-order valence-corrected chi connectivity index (χ4v) is 0.553. The van der Waals surface area contributed by atoms with Crippen molar-refractivity contribution in [1.29, 1.82) is 0 Å². The maximum absolute atomic E-state index is 10.0. The SMILES string of the molecule is CC(C)(C)O.O=Cc1ccc(O)cc1. The average molecular weight is 196 g/mol. The van der Waals surface area contributed by atoms with Crippen LogP contribution in [0.15, 0.2) is 24.3 Å². The molecule has 0 unspecified atom stereocenters. The summed E-state index contributed by atoms with van der Waals surface area (Å²) in [5.74, 6) is 0.181. The van der Waals surface area contributed by atoms with Crippen LogP contribution >= 0.6 is 0 Å². The Balaban J connectivity index is 0.000000292. The lowest BCUT2D eigenvalue weighted by Gasteiger charge is -2.04. The molecular formula is C11H16O3. The Labute approximate surface area is 84.0 Å². The fourth-order valence-electron chi connectivity index (χ4n) is 0.553. The van der Waals surface area contributed by atoms with E-state index in [1.807, 2.05) is 0 Å². The van der Waals surface area contributed by atoms with Crippen molar-refractivity contribution >= 4 is 6.29 Å². The highest BCUT2D eigenvalue weighted by Gasteiger charge is 1.97. The van der Waals surface area contributed by atoms with Gasteiger partial charge < -0.3 is 10.2 Å². The number of hydrogen-bond acceptors (Lipinski definition) is 3. The monoisotopic (exact) mass is 196 g/mol. The number of phenolic OH excluding ortho intramolecular Hbond substituents is 1. The predicted octanol–water partition coefficient (Wildman–Crippen LogP) is 1.98. The van der Waals surface area contributed by atoms with Gasteiger partial charge in [-0.15, -0.1) is 0 Å². The lowest BCUT2D eigenvalue weighted by Crippen LogP contribution is -2.10. The lowest BCUT2D eigenvalue weighted by atomic mass is 10.2. The summed E-state index contributed by atoms with van der Waals surface area (Å²) in [5.41, 5.74) is 0.0767. The molecular weight excluding hydrogens is 180 g/mol. The number of carbonyl (C=O) groups excluding carboxylic acids is 1. The Morgan fingerprint density at radius 2 is 1.50 bits per heavy atom. The molecule has 0 aliphatic rings. The second kappa shape index (κ2) is 5.40. The van der Waals surface area contributed by atoms with E-state index in [0.29, 0.717) is 5.56 Å². The summed E-state index contributed by atoms with van der Waals surface area (Å²) < 4.78 is 0. The van der Waals surface area contributed by atoms with Gasteiger partial charge in [-0.1, -0.05) is 0 Å². The minimum Gasteiger partial charge on any atom is -0.508 e. The molecule has 1 aromatic carbocycles. The van der Waals surface area contributed by atoms with Gasteiger partial charge in [0.15, 0.2) is 0 Å². The normalized spacial score (nSPS) is 10.0. The zero-order chi connectivity index (χ0) is 11.2. The van der Waals surface area contributed by atoms with Gasteiger partial charge in [-0.3, -0.25) is 4.79 Å². The van der Waals surface area contributed by atoms with Gasteiger partial charge in [-0.05, 0) is 45.0 Å². The Morgan fingerprint density at radius 3 is 1.79 bits per heavy atom. The van der Waals surface area contributed by atoms with Crippen molar-refractivity contribution in [3.63, 3.8) is 0 Å². The molecule has 0 aliphatic carbocycles. The van der Waals surface area contributed by atoms with Crippen LogP contribution in [0.3, 0.4) is 0 Å². The smallest absolute Gasteiger partial charge is 0.150 e. The molecule has 0 fully saturated rings. The van der Waals surface area contributed by atoms with Crippen molar-refractivity contribution in [2.45, 2.75) is 26.4 Å². The van der Waals surface area contributed by atoms with Gasteiger partial charge in [-0.2, -0.15) is 0 Å². The van der Waals surface area contributed by atoms with Gasteiger partial charge in [0.25, 0.3) is 0 Å². The van der Waals surface area contributed by atoms with Crippen molar-refractivity contribution < 1.29 is 15.0 Å². The predicted molar refractivity (Wildman–Crippen MR) is 55.5 cm³/mol. The minimum absolute atomic E-state index is 0.181. The Kier molecular flexibility index (Phi) is 4.87. The third-order valence-electron chi connectivity index (χ3n) is 1.03. The van der Waals surface area contributed by atoms with Crippen molar-refractivity contribution in [2.24, 2.45) is 0 Å². The molecule has 0 saturated heterocycles. The van der Waals surface area contributed by atoms with Crippen molar-refractivity contribution in [1.82, 2.24) is 0 Å². The quantitative estimate of drug-likeness (QED) is 0.675. The molecule has 0 heterocycles. The largest absolute Gasteiger partial charge is 0.508 e. The molecule has 78 valence electrons. The van der Waals surface area contributed by atoms with E-state index in [1.54, 1.807) is 32.9 Å². The summed E-state index contributed by atoms with van der Waals surface area (Å²) in [7, 11) is 0. The zero-order valence-corrected chi connectivity index (χ0v) is 8.69. The minimum atomic E-state index is -0.500. The van der Waals surface area contributed by atoms with Crippen LogP contribution in [0.5, 0.6) is 5.75 Å². The van der Waals surface area contributed by atoms with Crippen LogP contribution in [0.2, 0.25) is 0 Å². The summed E-state index contributed by atoms with van der Waals surface area (Å²) in [4.78, 5) is 10.0. The maximum Gasteiger partial charge on any atom is 0.150 e. The van der Waals surface area contributed by atoms with Crippen molar-refractivity contribution in [2.75, 3.05) is 0 Å². The van der Waals surface area contributed by atoms with Crippen molar-refractivity contribution in [3.05, 3.63) is 29.8 Å².